The monoisotopic (exact) mass is 335 g/mol. The zero-order valence-electron chi connectivity index (χ0n) is 12.6. The van der Waals surface area contributed by atoms with Gasteiger partial charge < -0.3 is 9.64 Å². The fraction of sp³-hybridized carbons (Fsp3) is 0.353. The molecular weight excluding hydrogens is 318 g/mol. The van der Waals surface area contributed by atoms with E-state index in [2.05, 4.69) is 0 Å². The van der Waals surface area contributed by atoms with Crippen LogP contribution >= 0.6 is 22.9 Å². The summed E-state index contributed by atoms with van der Waals surface area (Å²) in [7, 11) is 0. The van der Waals surface area contributed by atoms with Crippen molar-refractivity contribution in [2.75, 3.05) is 13.1 Å². The number of rotatable bonds is 2. The molecule has 0 N–H and O–H groups in total. The summed E-state index contributed by atoms with van der Waals surface area (Å²) in [6.07, 6.45) is 0.173. The third kappa shape index (κ3) is 3.35. The first kappa shape index (κ1) is 15.5. The number of carbonyl (C=O) groups excluding carboxylic acids is 1. The lowest BCUT2D eigenvalue weighted by Gasteiger charge is -2.35. The van der Waals surface area contributed by atoms with Crippen molar-refractivity contribution in [3.63, 3.8) is 0 Å². The molecule has 2 atom stereocenters. The number of ether oxygens (including phenoxy) is 1. The first-order valence-corrected chi connectivity index (χ1v) is 8.58. The van der Waals surface area contributed by atoms with Crippen LogP contribution in [-0.4, -0.2) is 36.1 Å². The fourth-order valence-electron chi connectivity index (χ4n) is 2.74. The molecule has 3 rings (SSSR count). The molecule has 1 aromatic carbocycles. The molecule has 0 spiro atoms. The highest BCUT2D eigenvalue weighted by Crippen LogP contribution is 2.28. The number of halogens is 1. The van der Waals surface area contributed by atoms with Crippen molar-refractivity contribution in [2.45, 2.75) is 26.1 Å². The Morgan fingerprint density at radius 3 is 2.45 bits per heavy atom. The molecule has 5 heteroatoms. The van der Waals surface area contributed by atoms with Gasteiger partial charge in [-0.05, 0) is 48.6 Å². The summed E-state index contributed by atoms with van der Waals surface area (Å²) in [5.41, 5.74) is 2.13. The second-order valence-electron chi connectivity index (χ2n) is 5.67. The molecule has 0 unspecified atom stereocenters. The molecule has 1 saturated heterocycles. The van der Waals surface area contributed by atoms with Gasteiger partial charge in [-0.15, -0.1) is 11.3 Å². The van der Waals surface area contributed by atoms with Crippen LogP contribution in [0.25, 0.3) is 11.1 Å². The highest BCUT2D eigenvalue weighted by atomic mass is 35.5. The minimum absolute atomic E-state index is 0.0865. The van der Waals surface area contributed by atoms with Crippen LogP contribution in [0, 0.1) is 0 Å². The van der Waals surface area contributed by atoms with Gasteiger partial charge in [-0.25, -0.2) is 0 Å². The third-order valence-corrected chi connectivity index (χ3v) is 4.86. The topological polar surface area (TPSA) is 29.5 Å². The average Bonchev–Trinajstić information content (AvgIpc) is 2.96. The van der Waals surface area contributed by atoms with Gasteiger partial charge in [0.05, 0.1) is 17.1 Å². The maximum absolute atomic E-state index is 12.6. The van der Waals surface area contributed by atoms with E-state index in [1.54, 1.807) is 0 Å². The number of benzene rings is 1. The van der Waals surface area contributed by atoms with Gasteiger partial charge in [0.1, 0.15) is 0 Å². The van der Waals surface area contributed by atoms with Crippen molar-refractivity contribution in [3.05, 3.63) is 45.6 Å². The summed E-state index contributed by atoms with van der Waals surface area (Å²) in [4.78, 5) is 15.3. The lowest BCUT2D eigenvalue weighted by Crippen LogP contribution is -2.48. The summed E-state index contributed by atoms with van der Waals surface area (Å²) in [5, 5.41) is 2.73. The summed E-state index contributed by atoms with van der Waals surface area (Å²) in [5.74, 6) is 0.0900. The van der Waals surface area contributed by atoms with E-state index in [0.29, 0.717) is 18.1 Å². The van der Waals surface area contributed by atoms with Crippen LogP contribution in [0.2, 0.25) is 5.02 Å². The Morgan fingerprint density at radius 2 is 1.82 bits per heavy atom. The predicted octanol–water partition coefficient (Wildman–Crippen LogP) is 4.32. The lowest BCUT2D eigenvalue weighted by molar-refractivity contribution is -0.0585. The summed E-state index contributed by atoms with van der Waals surface area (Å²) in [6.45, 7) is 5.31. The maximum atomic E-state index is 12.6. The zero-order chi connectivity index (χ0) is 15.7. The van der Waals surface area contributed by atoms with Crippen molar-refractivity contribution >= 4 is 28.8 Å². The van der Waals surface area contributed by atoms with Gasteiger partial charge in [-0.1, -0.05) is 23.7 Å². The quantitative estimate of drug-likeness (QED) is 0.818. The molecule has 1 aromatic heterocycles. The number of carbonyl (C=O) groups is 1. The van der Waals surface area contributed by atoms with Crippen molar-refractivity contribution in [3.8, 4) is 11.1 Å². The Labute approximate surface area is 139 Å². The molecular formula is C17H18ClNO2S. The highest BCUT2D eigenvalue weighted by molar-refractivity contribution is 7.12. The van der Waals surface area contributed by atoms with Gasteiger partial charge in [0.25, 0.3) is 5.91 Å². The largest absolute Gasteiger partial charge is 0.372 e. The number of amides is 1. The minimum Gasteiger partial charge on any atom is -0.372 e. The molecule has 1 fully saturated rings. The van der Waals surface area contributed by atoms with E-state index < -0.39 is 0 Å². The maximum Gasteiger partial charge on any atom is 0.264 e. The van der Waals surface area contributed by atoms with Crippen LogP contribution in [0.4, 0.5) is 0 Å². The number of hydrogen-bond acceptors (Lipinski definition) is 3. The van der Waals surface area contributed by atoms with E-state index in [1.165, 1.54) is 11.3 Å². The third-order valence-electron chi connectivity index (χ3n) is 3.69. The van der Waals surface area contributed by atoms with Crippen molar-refractivity contribution in [1.29, 1.82) is 0 Å². The summed E-state index contributed by atoms with van der Waals surface area (Å²) >= 11 is 7.40. The SMILES string of the molecule is C[C@H]1CN(C(=O)c2cc(-c3ccc(Cl)cc3)cs2)C[C@H](C)O1. The molecule has 22 heavy (non-hydrogen) atoms. The highest BCUT2D eigenvalue weighted by Gasteiger charge is 2.27. The van der Waals surface area contributed by atoms with Crippen LogP contribution in [-0.2, 0) is 4.74 Å². The average molecular weight is 336 g/mol. The molecule has 116 valence electrons. The Hall–Kier alpha value is -1.36. The summed E-state index contributed by atoms with van der Waals surface area (Å²) in [6, 6.07) is 9.62. The zero-order valence-corrected chi connectivity index (χ0v) is 14.2. The van der Waals surface area contributed by atoms with Crippen LogP contribution in [0.3, 0.4) is 0 Å². The first-order chi connectivity index (χ1) is 10.5. The van der Waals surface area contributed by atoms with Gasteiger partial charge in [0.2, 0.25) is 0 Å². The predicted molar refractivity (Wildman–Crippen MR) is 90.7 cm³/mol. The molecule has 3 nitrogen and oxygen atoms in total. The van der Waals surface area contributed by atoms with Gasteiger partial charge >= 0.3 is 0 Å². The van der Waals surface area contributed by atoms with Crippen molar-refractivity contribution < 1.29 is 9.53 Å². The van der Waals surface area contributed by atoms with Crippen molar-refractivity contribution in [1.82, 2.24) is 4.90 Å². The molecule has 2 aromatic rings. The van der Waals surface area contributed by atoms with Gasteiger partial charge in [0.15, 0.2) is 0 Å². The molecule has 0 saturated carbocycles. The van der Waals surface area contributed by atoms with E-state index in [4.69, 9.17) is 16.3 Å². The van der Waals surface area contributed by atoms with E-state index in [0.717, 1.165) is 16.0 Å². The molecule has 0 radical (unpaired) electrons. The number of nitrogens with zero attached hydrogens (tertiary/aromatic N) is 1. The number of morpholine rings is 1. The normalized spacial score (nSPS) is 21.9. The van der Waals surface area contributed by atoms with Gasteiger partial charge in [0, 0.05) is 18.1 Å². The Kier molecular flexibility index (Phi) is 4.52. The van der Waals surface area contributed by atoms with Crippen molar-refractivity contribution in [2.24, 2.45) is 0 Å². The smallest absolute Gasteiger partial charge is 0.264 e. The molecule has 0 aliphatic carbocycles. The number of thiophene rings is 1. The van der Waals surface area contributed by atoms with Crippen LogP contribution in [0.15, 0.2) is 35.7 Å². The van der Waals surface area contributed by atoms with Gasteiger partial charge in [-0.2, -0.15) is 0 Å². The minimum atomic E-state index is 0.0865. The van der Waals surface area contributed by atoms with Gasteiger partial charge in [-0.3, -0.25) is 4.79 Å². The molecule has 0 bridgehead atoms. The van der Waals surface area contributed by atoms with E-state index in [9.17, 15) is 4.79 Å². The Bertz CT molecular complexity index is 658. The molecule has 2 heterocycles. The first-order valence-electron chi connectivity index (χ1n) is 7.32. The van der Waals surface area contributed by atoms with Crippen LogP contribution in [0.5, 0.6) is 0 Å². The standard InChI is InChI=1S/C17H18ClNO2S/c1-11-8-19(9-12(2)21-11)17(20)16-7-14(10-22-16)13-3-5-15(18)6-4-13/h3-7,10-12H,8-9H2,1-2H3/t11-,12-/m0/s1. The number of hydrogen-bond donors (Lipinski definition) is 0. The van der Waals surface area contributed by atoms with Crippen LogP contribution in [0.1, 0.15) is 23.5 Å². The van der Waals surface area contributed by atoms with E-state index >= 15 is 0 Å². The van der Waals surface area contributed by atoms with E-state index in [1.807, 2.05) is 54.5 Å². The second-order valence-corrected chi connectivity index (χ2v) is 7.02. The van der Waals surface area contributed by atoms with Crippen LogP contribution < -0.4 is 0 Å². The molecule has 1 amide bonds. The fourth-order valence-corrected chi connectivity index (χ4v) is 3.75. The second kappa shape index (κ2) is 6.41. The molecule has 1 aliphatic rings. The summed E-state index contributed by atoms with van der Waals surface area (Å²) < 4.78 is 5.69. The lowest BCUT2D eigenvalue weighted by atomic mass is 10.1. The Morgan fingerprint density at radius 1 is 1.18 bits per heavy atom. The Balaban J connectivity index is 1.78. The van der Waals surface area contributed by atoms with E-state index in [-0.39, 0.29) is 18.1 Å². The molecule has 1 aliphatic heterocycles.